The summed E-state index contributed by atoms with van der Waals surface area (Å²) >= 11 is 0. The van der Waals surface area contributed by atoms with Gasteiger partial charge in [-0.15, -0.1) is 0 Å². The van der Waals surface area contributed by atoms with Crippen LogP contribution in [-0.4, -0.2) is 26.9 Å². The first-order chi connectivity index (χ1) is 8.60. The van der Waals surface area contributed by atoms with Crippen LogP contribution in [0, 0.1) is 5.92 Å². The van der Waals surface area contributed by atoms with Crippen LogP contribution < -0.4 is 19.9 Å². The second kappa shape index (κ2) is 7.11. The molecule has 2 unspecified atom stereocenters. The molecule has 0 radical (unpaired) electrons. The zero-order chi connectivity index (χ0) is 13.5. The van der Waals surface area contributed by atoms with E-state index in [1.54, 1.807) is 14.2 Å². The maximum atomic E-state index is 6.03. The number of hydrogen-bond donors (Lipinski definition) is 1. The highest BCUT2D eigenvalue weighted by molar-refractivity contribution is 5.41. The zero-order valence-corrected chi connectivity index (χ0v) is 11.6. The summed E-state index contributed by atoms with van der Waals surface area (Å²) < 4.78 is 16.1. The Morgan fingerprint density at radius 3 is 2.00 bits per heavy atom. The van der Waals surface area contributed by atoms with E-state index in [1.165, 1.54) is 0 Å². The smallest absolute Gasteiger partial charge is 0.126 e. The first-order valence-corrected chi connectivity index (χ1v) is 6.22. The first kappa shape index (κ1) is 14.6. The molecule has 1 rings (SSSR count). The van der Waals surface area contributed by atoms with E-state index >= 15 is 0 Å². The summed E-state index contributed by atoms with van der Waals surface area (Å²) in [6.45, 7) is 4.74. The average molecular weight is 253 g/mol. The highest BCUT2D eigenvalue weighted by atomic mass is 16.5. The number of hydrogen-bond acceptors (Lipinski definition) is 4. The van der Waals surface area contributed by atoms with Crippen LogP contribution in [0.4, 0.5) is 0 Å². The monoisotopic (exact) mass is 253 g/mol. The molecule has 2 atom stereocenters. The van der Waals surface area contributed by atoms with Gasteiger partial charge in [-0.3, -0.25) is 0 Å². The maximum absolute atomic E-state index is 6.03. The van der Waals surface area contributed by atoms with Gasteiger partial charge in [0.05, 0.1) is 14.2 Å². The number of rotatable bonds is 7. The summed E-state index contributed by atoms with van der Waals surface area (Å²) in [5, 5.41) is 0. The molecular weight excluding hydrogens is 230 g/mol. The number of benzene rings is 1. The van der Waals surface area contributed by atoms with Gasteiger partial charge in [-0.1, -0.05) is 20.3 Å². The van der Waals surface area contributed by atoms with E-state index in [0.717, 1.165) is 6.42 Å². The van der Waals surface area contributed by atoms with Gasteiger partial charge in [-0.2, -0.15) is 0 Å². The van der Waals surface area contributed by atoms with Crippen LogP contribution in [0.3, 0.4) is 0 Å². The summed E-state index contributed by atoms with van der Waals surface area (Å²) in [6, 6.07) is 5.49. The summed E-state index contributed by atoms with van der Waals surface area (Å²) in [7, 11) is 3.23. The molecule has 0 spiro atoms. The minimum Gasteiger partial charge on any atom is -0.496 e. The Bertz CT molecular complexity index is 346. The minimum absolute atomic E-state index is 0.0344. The molecule has 1 aromatic carbocycles. The molecule has 4 heteroatoms. The van der Waals surface area contributed by atoms with Crippen LogP contribution in [0.2, 0.25) is 0 Å². The Labute approximate surface area is 109 Å². The second-order valence-corrected chi connectivity index (χ2v) is 4.41. The molecule has 0 aliphatic heterocycles. The maximum Gasteiger partial charge on any atom is 0.126 e. The van der Waals surface area contributed by atoms with Crippen LogP contribution in [0.25, 0.3) is 0 Å². The van der Waals surface area contributed by atoms with Crippen molar-refractivity contribution in [2.45, 2.75) is 26.3 Å². The highest BCUT2D eigenvalue weighted by Crippen LogP contribution is 2.27. The lowest BCUT2D eigenvalue weighted by Crippen LogP contribution is -2.34. The van der Waals surface area contributed by atoms with E-state index in [2.05, 4.69) is 13.8 Å². The second-order valence-electron chi connectivity index (χ2n) is 4.41. The summed E-state index contributed by atoms with van der Waals surface area (Å²) in [5.41, 5.74) is 6.03. The van der Waals surface area contributed by atoms with Crippen molar-refractivity contribution in [1.82, 2.24) is 0 Å². The Morgan fingerprint density at radius 2 is 1.56 bits per heavy atom. The third-order valence-corrected chi connectivity index (χ3v) is 3.14. The van der Waals surface area contributed by atoms with Gasteiger partial charge in [0.1, 0.15) is 23.9 Å². The van der Waals surface area contributed by atoms with Crippen molar-refractivity contribution >= 4 is 0 Å². The summed E-state index contributed by atoms with van der Waals surface area (Å²) in [4.78, 5) is 0. The van der Waals surface area contributed by atoms with Crippen LogP contribution in [-0.2, 0) is 0 Å². The highest BCUT2D eigenvalue weighted by Gasteiger charge is 2.12. The van der Waals surface area contributed by atoms with E-state index in [-0.39, 0.29) is 6.04 Å². The summed E-state index contributed by atoms with van der Waals surface area (Å²) in [6.07, 6.45) is 1.05. The molecular formula is C14H23NO3. The minimum atomic E-state index is 0.0344. The van der Waals surface area contributed by atoms with Gasteiger partial charge in [0, 0.05) is 24.2 Å². The quantitative estimate of drug-likeness (QED) is 0.811. The van der Waals surface area contributed by atoms with Gasteiger partial charge in [0.15, 0.2) is 0 Å². The van der Waals surface area contributed by atoms with E-state index in [1.807, 2.05) is 18.2 Å². The molecule has 18 heavy (non-hydrogen) atoms. The predicted octanol–water partition coefficient (Wildman–Crippen LogP) is 2.46. The first-order valence-electron chi connectivity index (χ1n) is 6.22. The molecule has 0 heterocycles. The van der Waals surface area contributed by atoms with Gasteiger partial charge in [0.2, 0.25) is 0 Å². The van der Waals surface area contributed by atoms with E-state index in [4.69, 9.17) is 19.9 Å². The average Bonchev–Trinajstić information content (AvgIpc) is 2.43. The van der Waals surface area contributed by atoms with Crippen molar-refractivity contribution in [1.29, 1.82) is 0 Å². The Kier molecular flexibility index (Phi) is 5.78. The van der Waals surface area contributed by atoms with Crippen LogP contribution in [0.1, 0.15) is 20.3 Å². The summed E-state index contributed by atoms with van der Waals surface area (Å²) in [5.74, 6) is 2.57. The normalized spacial score (nSPS) is 13.8. The standard InChI is InChI=1S/C14H23NO3/c1-5-10(2)14(15)9-18-13-7-11(16-3)6-12(8-13)17-4/h6-8,10,14H,5,9,15H2,1-4H3. The molecule has 0 aliphatic carbocycles. The van der Waals surface area contributed by atoms with Crippen LogP contribution in [0.15, 0.2) is 18.2 Å². The molecule has 4 nitrogen and oxygen atoms in total. The van der Waals surface area contributed by atoms with Gasteiger partial charge in [-0.25, -0.2) is 0 Å². The van der Waals surface area contributed by atoms with Crippen LogP contribution in [0.5, 0.6) is 17.2 Å². The molecule has 0 fully saturated rings. The van der Waals surface area contributed by atoms with Crippen molar-refractivity contribution in [3.63, 3.8) is 0 Å². The molecule has 102 valence electrons. The fourth-order valence-electron chi connectivity index (χ4n) is 1.52. The van der Waals surface area contributed by atoms with Crippen molar-refractivity contribution < 1.29 is 14.2 Å². The number of ether oxygens (including phenoxy) is 3. The molecule has 0 aliphatic rings. The Balaban J connectivity index is 2.66. The Morgan fingerprint density at radius 1 is 1.06 bits per heavy atom. The van der Waals surface area contributed by atoms with Crippen molar-refractivity contribution in [3.8, 4) is 17.2 Å². The molecule has 0 bridgehead atoms. The van der Waals surface area contributed by atoms with Crippen molar-refractivity contribution in [2.24, 2.45) is 11.7 Å². The lowest BCUT2D eigenvalue weighted by molar-refractivity contribution is 0.248. The van der Waals surface area contributed by atoms with Gasteiger partial charge < -0.3 is 19.9 Å². The van der Waals surface area contributed by atoms with Crippen molar-refractivity contribution in [3.05, 3.63) is 18.2 Å². The lowest BCUT2D eigenvalue weighted by Gasteiger charge is -2.19. The largest absolute Gasteiger partial charge is 0.496 e. The number of nitrogens with two attached hydrogens (primary N) is 1. The predicted molar refractivity (Wildman–Crippen MR) is 72.5 cm³/mol. The van der Waals surface area contributed by atoms with Gasteiger partial charge in [0.25, 0.3) is 0 Å². The molecule has 0 amide bonds. The van der Waals surface area contributed by atoms with E-state index in [0.29, 0.717) is 29.8 Å². The van der Waals surface area contributed by atoms with Crippen molar-refractivity contribution in [2.75, 3.05) is 20.8 Å². The van der Waals surface area contributed by atoms with E-state index in [9.17, 15) is 0 Å². The lowest BCUT2D eigenvalue weighted by atomic mass is 10.0. The van der Waals surface area contributed by atoms with E-state index < -0.39 is 0 Å². The molecule has 1 aromatic rings. The Hall–Kier alpha value is -1.42. The fourth-order valence-corrected chi connectivity index (χ4v) is 1.52. The molecule has 0 saturated heterocycles. The molecule has 0 aromatic heterocycles. The van der Waals surface area contributed by atoms with Crippen LogP contribution >= 0.6 is 0 Å². The SMILES string of the molecule is CCC(C)C(N)COc1cc(OC)cc(OC)c1. The fraction of sp³-hybridized carbons (Fsp3) is 0.571. The molecule has 0 saturated carbocycles. The van der Waals surface area contributed by atoms with Gasteiger partial charge >= 0.3 is 0 Å². The zero-order valence-electron chi connectivity index (χ0n) is 11.6. The number of methoxy groups -OCH3 is 2. The van der Waals surface area contributed by atoms with Gasteiger partial charge in [-0.05, 0) is 5.92 Å². The third kappa shape index (κ3) is 4.11. The third-order valence-electron chi connectivity index (χ3n) is 3.14. The topological polar surface area (TPSA) is 53.7 Å². The molecule has 2 N–H and O–H groups in total.